The monoisotopic (exact) mass is 575 g/mol. The van der Waals surface area contributed by atoms with E-state index in [-0.39, 0.29) is 41.7 Å². The van der Waals surface area contributed by atoms with Gasteiger partial charge < -0.3 is 14.4 Å². The van der Waals surface area contributed by atoms with Crippen LogP contribution in [0.2, 0.25) is 5.02 Å². The van der Waals surface area contributed by atoms with Gasteiger partial charge in [-0.15, -0.1) is 0 Å². The average Bonchev–Trinajstić information content (AvgIpc) is 3.34. The van der Waals surface area contributed by atoms with Crippen LogP contribution in [0.4, 0.5) is 14.5 Å². The Kier molecular flexibility index (Phi) is 9.38. The molecule has 2 aromatic carbocycles. The standard InChI is InChI=1S/C28H28ClF2N3O4S/c1-2-39(35,36)25-10-5-20(6-11-25)26(13-14-32)19-3-8-22(9-4-19)34-17-24(15-23(34)18-37-28(30)31)38-27-12-7-21(29)16-33-27/h3-12,16,23-24,26,28H,2,13,15,17-18H2,1H3/t23-,24-,26+/m0/s1. The van der Waals surface area contributed by atoms with E-state index in [0.29, 0.717) is 23.9 Å². The zero-order chi connectivity index (χ0) is 28.0. The molecule has 39 heavy (non-hydrogen) atoms. The Morgan fingerprint density at radius 1 is 1.10 bits per heavy atom. The van der Waals surface area contributed by atoms with E-state index in [9.17, 15) is 22.5 Å². The molecule has 1 aliphatic rings. The van der Waals surface area contributed by atoms with Gasteiger partial charge in [0.1, 0.15) is 6.10 Å². The lowest BCUT2D eigenvalue weighted by atomic mass is 9.89. The van der Waals surface area contributed by atoms with E-state index in [4.69, 9.17) is 16.3 Å². The van der Waals surface area contributed by atoms with Gasteiger partial charge in [-0.1, -0.05) is 42.8 Å². The summed E-state index contributed by atoms with van der Waals surface area (Å²) in [7, 11) is -3.32. The highest BCUT2D eigenvalue weighted by Gasteiger charge is 2.35. The molecule has 0 unspecified atom stereocenters. The van der Waals surface area contributed by atoms with Crippen LogP contribution in [0.25, 0.3) is 0 Å². The molecule has 0 N–H and O–H groups in total. The molecule has 11 heteroatoms. The van der Waals surface area contributed by atoms with Crippen LogP contribution in [-0.4, -0.2) is 51.1 Å². The van der Waals surface area contributed by atoms with Gasteiger partial charge >= 0.3 is 6.61 Å². The first-order valence-electron chi connectivity index (χ1n) is 12.4. The van der Waals surface area contributed by atoms with Gasteiger partial charge in [-0.2, -0.15) is 14.0 Å². The fraction of sp³-hybridized carbons (Fsp3) is 0.357. The normalized spacial score (nSPS) is 18.2. The number of sulfone groups is 1. The Bertz CT molecular complexity index is 1380. The fourth-order valence-electron chi connectivity index (χ4n) is 4.71. The smallest absolute Gasteiger partial charge is 0.345 e. The number of nitriles is 1. The summed E-state index contributed by atoms with van der Waals surface area (Å²) in [5.74, 6) is 0.149. The van der Waals surface area contributed by atoms with Gasteiger partial charge in [-0.25, -0.2) is 13.4 Å². The van der Waals surface area contributed by atoms with Crippen molar-refractivity contribution in [2.45, 2.75) is 49.3 Å². The molecular weight excluding hydrogens is 548 g/mol. The molecule has 206 valence electrons. The van der Waals surface area contributed by atoms with Gasteiger partial charge in [0.05, 0.1) is 40.9 Å². The van der Waals surface area contributed by atoms with Crippen LogP contribution in [0.15, 0.2) is 71.8 Å². The number of benzene rings is 2. The second-order valence-corrected chi connectivity index (χ2v) is 11.9. The second kappa shape index (κ2) is 12.7. The molecule has 3 aromatic rings. The lowest BCUT2D eigenvalue weighted by molar-refractivity contribution is -0.131. The van der Waals surface area contributed by atoms with Crippen LogP contribution in [0.3, 0.4) is 0 Å². The van der Waals surface area contributed by atoms with Gasteiger partial charge in [0.15, 0.2) is 9.84 Å². The zero-order valence-electron chi connectivity index (χ0n) is 21.2. The first-order valence-corrected chi connectivity index (χ1v) is 14.5. The van der Waals surface area contributed by atoms with Crippen molar-refractivity contribution >= 4 is 27.1 Å². The van der Waals surface area contributed by atoms with E-state index < -0.39 is 16.4 Å². The van der Waals surface area contributed by atoms with Crippen molar-refractivity contribution < 1.29 is 26.7 Å². The van der Waals surface area contributed by atoms with Crippen molar-refractivity contribution in [1.82, 2.24) is 4.98 Å². The van der Waals surface area contributed by atoms with E-state index in [1.807, 2.05) is 29.2 Å². The summed E-state index contributed by atoms with van der Waals surface area (Å²) >= 11 is 5.89. The number of rotatable bonds is 11. The van der Waals surface area contributed by atoms with E-state index in [2.05, 4.69) is 15.8 Å². The van der Waals surface area contributed by atoms with E-state index in [1.54, 1.807) is 43.3 Å². The maximum absolute atomic E-state index is 12.8. The van der Waals surface area contributed by atoms with Crippen LogP contribution < -0.4 is 9.64 Å². The molecule has 7 nitrogen and oxygen atoms in total. The van der Waals surface area contributed by atoms with Crippen molar-refractivity contribution in [2.24, 2.45) is 0 Å². The maximum Gasteiger partial charge on any atom is 0.345 e. The minimum Gasteiger partial charge on any atom is -0.472 e. The number of anilines is 1. The van der Waals surface area contributed by atoms with Crippen LogP contribution in [0, 0.1) is 11.3 Å². The van der Waals surface area contributed by atoms with Gasteiger partial charge in [-0.05, 0) is 41.5 Å². The molecular formula is C28H28ClF2N3O4S. The largest absolute Gasteiger partial charge is 0.472 e. The number of pyridine rings is 1. The van der Waals surface area contributed by atoms with Gasteiger partial charge in [0.2, 0.25) is 5.88 Å². The number of hydrogen-bond acceptors (Lipinski definition) is 7. The average molecular weight is 576 g/mol. The predicted molar refractivity (Wildman–Crippen MR) is 144 cm³/mol. The van der Waals surface area contributed by atoms with E-state index in [0.717, 1.165) is 16.8 Å². The Labute approximate surface area is 231 Å². The summed E-state index contributed by atoms with van der Waals surface area (Å²) in [5, 5.41) is 9.94. The third-order valence-corrected chi connectivity index (χ3v) is 8.70. The predicted octanol–water partition coefficient (Wildman–Crippen LogP) is 5.84. The topological polar surface area (TPSA) is 92.5 Å². The molecule has 1 fully saturated rings. The Morgan fingerprint density at radius 2 is 1.77 bits per heavy atom. The molecule has 2 heterocycles. The molecule has 0 saturated carbocycles. The minimum absolute atomic E-state index is 0.0113. The molecule has 1 aromatic heterocycles. The molecule has 0 radical (unpaired) electrons. The van der Waals surface area contributed by atoms with Crippen molar-refractivity contribution in [1.29, 1.82) is 5.26 Å². The van der Waals surface area contributed by atoms with Crippen LogP contribution >= 0.6 is 11.6 Å². The highest BCUT2D eigenvalue weighted by molar-refractivity contribution is 7.91. The molecule has 0 amide bonds. The minimum atomic E-state index is -3.32. The van der Waals surface area contributed by atoms with E-state index in [1.165, 1.54) is 6.20 Å². The lowest BCUT2D eigenvalue weighted by Crippen LogP contribution is -2.34. The van der Waals surface area contributed by atoms with Crippen molar-refractivity contribution in [2.75, 3.05) is 23.8 Å². The van der Waals surface area contributed by atoms with Gasteiger partial charge in [-0.3, -0.25) is 0 Å². The van der Waals surface area contributed by atoms with Crippen molar-refractivity contribution in [3.63, 3.8) is 0 Å². The molecule has 0 aliphatic carbocycles. The third-order valence-electron chi connectivity index (χ3n) is 6.72. The first-order chi connectivity index (χ1) is 18.7. The summed E-state index contributed by atoms with van der Waals surface area (Å²) in [6, 6.07) is 19.4. The number of aromatic nitrogens is 1. The van der Waals surface area contributed by atoms with Crippen LogP contribution in [-0.2, 0) is 14.6 Å². The lowest BCUT2D eigenvalue weighted by Gasteiger charge is -2.27. The first kappa shape index (κ1) is 28.7. The molecule has 1 saturated heterocycles. The molecule has 0 bridgehead atoms. The third kappa shape index (κ3) is 7.24. The Balaban J connectivity index is 1.53. The van der Waals surface area contributed by atoms with E-state index >= 15 is 0 Å². The zero-order valence-corrected chi connectivity index (χ0v) is 22.8. The van der Waals surface area contributed by atoms with Crippen molar-refractivity contribution in [3.8, 4) is 11.9 Å². The Morgan fingerprint density at radius 3 is 2.33 bits per heavy atom. The van der Waals surface area contributed by atoms with Gasteiger partial charge in [0, 0.05) is 36.7 Å². The summed E-state index contributed by atoms with van der Waals surface area (Å²) in [5.41, 5.74) is 2.51. The van der Waals surface area contributed by atoms with Gasteiger partial charge in [0.25, 0.3) is 0 Å². The van der Waals surface area contributed by atoms with Crippen molar-refractivity contribution in [3.05, 3.63) is 83.0 Å². The summed E-state index contributed by atoms with van der Waals surface area (Å²) in [4.78, 5) is 6.37. The fourth-order valence-corrected chi connectivity index (χ4v) is 5.71. The number of hydrogen-bond donors (Lipinski definition) is 0. The maximum atomic E-state index is 12.8. The molecule has 4 rings (SSSR count). The SMILES string of the molecule is CCS(=O)(=O)c1ccc([C@H](CC#N)c2ccc(N3C[C@@H](Oc4ccc(Cl)cn4)C[C@H]3COC(F)F)cc2)cc1. The number of ether oxygens (including phenoxy) is 2. The highest BCUT2D eigenvalue weighted by Crippen LogP contribution is 2.33. The molecule has 0 spiro atoms. The quantitative estimate of drug-likeness (QED) is 0.283. The Hall–Kier alpha value is -3.26. The molecule has 3 atom stereocenters. The second-order valence-electron chi connectivity index (χ2n) is 9.17. The molecule has 1 aliphatic heterocycles. The summed E-state index contributed by atoms with van der Waals surface area (Å²) in [6.45, 7) is -1.01. The summed E-state index contributed by atoms with van der Waals surface area (Å²) in [6.07, 6.45) is 1.85. The van der Waals surface area contributed by atoms with Crippen LogP contribution in [0.5, 0.6) is 5.88 Å². The number of nitrogens with zero attached hydrogens (tertiary/aromatic N) is 3. The highest BCUT2D eigenvalue weighted by atomic mass is 35.5. The summed E-state index contributed by atoms with van der Waals surface area (Å²) < 4.78 is 60.6. The van der Waals surface area contributed by atoms with Crippen LogP contribution in [0.1, 0.15) is 36.8 Å². The number of halogens is 3. The number of alkyl halides is 2.